The number of hydrogen-bond donors (Lipinski definition) is 0. The minimum absolute atomic E-state index is 0.0703. The Labute approximate surface area is 143 Å². The molecule has 0 spiro atoms. The maximum Gasteiger partial charge on any atom is 0.177 e. The fourth-order valence-electron chi connectivity index (χ4n) is 2.64. The van der Waals surface area contributed by atoms with Crippen molar-refractivity contribution in [2.45, 2.75) is 51.9 Å². The number of nitriles is 2. The zero-order chi connectivity index (χ0) is 17.2. The van der Waals surface area contributed by atoms with Crippen molar-refractivity contribution < 1.29 is 0 Å². The Kier molecular flexibility index (Phi) is 6.92. The van der Waals surface area contributed by atoms with Crippen LogP contribution in [-0.4, -0.2) is 9.97 Å². The van der Waals surface area contributed by atoms with Crippen LogP contribution in [0.5, 0.6) is 0 Å². The molecule has 0 fully saturated rings. The van der Waals surface area contributed by atoms with Crippen LogP contribution in [0.3, 0.4) is 0 Å². The number of hydrogen-bond acceptors (Lipinski definition) is 4. The molecule has 2 aromatic rings. The Morgan fingerprint density at radius 1 is 0.875 bits per heavy atom. The molecule has 0 aliphatic carbocycles. The predicted molar refractivity (Wildman–Crippen MR) is 94.0 cm³/mol. The van der Waals surface area contributed by atoms with Crippen molar-refractivity contribution >= 4 is 0 Å². The number of benzene rings is 1. The van der Waals surface area contributed by atoms with E-state index >= 15 is 0 Å². The highest BCUT2D eigenvalue weighted by Crippen LogP contribution is 2.19. The highest BCUT2D eigenvalue weighted by molar-refractivity contribution is 5.60. The van der Waals surface area contributed by atoms with Crippen LogP contribution in [0.25, 0.3) is 11.3 Å². The van der Waals surface area contributed by atoms with E-state index in [1.54, 1.807) is 6.20 Å². The van der Waals surface area contributed by atoms with E-state index < -0.39 is 0 Å². The fourth-order valence-corrected chi connectivity index (χ4v) is 2.64. The van der Waals surface area contributed by atoms with Crippen molar-refractivity contribution in [2.75, 3.05) is 0 Å². The number of aryl methyl sites for hydroxylation is 1. The number of nitrogens with zero attached hydrogens (tertiary/aromatic N) is 4. The van der Waals surface area contributed by atoms with Crippen LogP contribution in [-0.2, 0) is 6.42 Å². The second kappa shape index (κ2) is 9.43. The Morgan fingerprint density at radius 3 is 2.21 bits per heavy atom. The van der Waals surface area contributed by atoms with E-state index in [-0.39, 0.29) is 11.4 Å². The summed E-state index contributed by atoms with van der Waals surface area (Å²) in [5, 5.41) is 17.9. The lowest BCUT2D eigenvalue weighted by Gasteiger charge is -2.05. The molecule has 4 nitrogen and oxygen atoms in total. The van der Waals surface area contributed by atoms with Gasteiger partial charge in [0.1, 0.15) is 12.1 Å². The van der Waals surface area contributed by atoms with Gasteiger partial charge in [-0.15, -0.1) is 0 Å². The molecule has 0 aliphatic rings. The van der Waals surface area contributed by atoms with Crippen molar-refractivity contribution in [3.8, 4) is 23.4 Å². The van der Waals surface area contributed by atoms with Gasteiger partial charge in [-0.25, -0.2) is 9.97 Å². The summed E-state index contributed by atoms with van der Waals surface area (Å²) in [4.78, 5) is 8.23. The summed E-state index contributed by atoms with van der Waals surface area (Å²) in [6.45, 7) is 2.24. The molecule has 2 rings (SSSR count). The minimum Gasteiger partial charge on any atom is -0.240 e. The van der Waals surface area contributed by atoms with E-state index in [2.05, 4.69) is 29.0 Å². The average Bonchev–Trinajstić information content (AvgIpc) is 2.64. The quantitative estimate of drug-likeness (QED) is 0.656. The summed E-state index contributed by atoms with van der Waals surface area (Å²) < 4.78 is 0. The second-order valence-electron chi connectivity index (χ2n) is 5.89. The number of unbranched alkanes of at least 4 members (excludes halogenated alkanes) is 5. The molecule has 1 aromatic carbocycles. The third-order valence-corrected chi connectivity index (χ3v) is 4.05. The first-order valence-electron chi connectivity index (χ1n) is 8.55. The van der Waals surface area contributed by atoms with Crippen LogP contribution in [0.4, 0.5) is 0 Å². The molecule has 0 N–H and O–H groups in total. The van der Waals surface area contributed by atoms with E-state index in [0.29, 0.717) is 5.69 Å². The van der Waals surface area contributed by atoms with Gasteiger partial charge in [0, 0.05) is 5.56 Å². The molecular formula is C20H22N4. The van der Waals surface area contributed by atoms with Gasteiger partial charge in [0.2, 0.25) is 0 Å². The van der Waals surface area contributed by atoms with Crippen LogP contribution in [0.15, 0.2) is 30.5 Å². The van der Waals surface area contributed by atoms with E-state index in [1.165, 1.54) is 44.1 Å². The molecule has 0 unspecified atom stereocenters. The maximum absolute atomic E-state index is 9.04. The van der Waals surface area contributed by atoms with Gasteiger partial charge in [0.25, 0.3) is 0 Å². The monoisotopic (exact) mass is 318 g/mol. The molecule has 0 amide bonds. The molecule has 1 heterocycles. The average molecular weight is 318 g/mol. The smallest absolute Gasteiger partial charge is 0.177 e. The Hall–Kier alpha value is -2.72. The molecular weight excluding hydrogens is 296 g/mol. The molecule has 0 saturated heterocycles. The summed E-state index contributed by atoms with van der Waals surface area (Å²) in [6, 6.07) is 12.0. The normalized spacial score (nSPS) is 10.1. The van der Waals surface area contributed by atoms with Gasteiger partial charge in [-0.05, 0) is 18.4 Å². The van der Waals surface area contributed by atoms with Crippen LogP contribution in [0.2, 0.25) is 0 Å². The Morgan fingerprint density at radius 2 is 1.54 bits per heavy atom. The van der Waals surface area contributed by atoms with E-state index in [0.717, 1.165) is 12.0 Å². The molecule has 0 atom stereocenters. The highest BCUT2D eigenvalue weighted by atomic mass is 14.8. The maximum atomic E-state index is 9.04. The Balaban J connectivity index is 1.95. The number of rotatable bonds is 8. The van der Waals surface area contributed by atoms with Gasteiger partial charge in [0.05, 0.1) is 11.9 Å². The van der Waals surface area contributed by atoms with Crippen molar-refractivity contribution in [3.05, 3.63) is 47.4 Å². The molecule has 0 saturated carbocycles. The lowest BCUT2D eigenvalue weighted by molar-refractivity contribution is 0.607. The van der Waals surface area contributed by atoms with Crippen LogP contribution >= 0.6 is 0 Å². The van der Waals surface area contributed by atoms with Crippen molar-refractivity contribution in [3.63, 3.8) is 0 Å². The molecule has 122 valence electrons. The lowest BCUT2D eigenvalue weighted by Crippen LogP contribution is -1.96. The topological polar surface area (TPSA) is 73.4 Å². The summed E-state index contributed by atoms with van der Waals surface area (Å²) in [7, 11) is 0. The van der Waals surface area contributed by atoms with E-state index in [1.807, 2.05) is 24.3 Å². The van der Waals surface area contributed by atoms with Crippen LogP contribution in [0.1, 0.15) is 62.4 Å². The molecule has 0 radical (unpaired) electrons. The standard InChI is InChI=1S/C20H22N4/c1-2-3-4-5-6-7-8-16-9-11-17(12-10-16)20-15-23-18(13-21)19(14-22)24-20/h9-12,15H,2-8H2,1H3. The SMILES string of the molecule is CCCCCCCCc1ccc(-c2cnc(C#N)c(C#N)n2)cc1. The van der Waals surface area contributed by atoms with Crippen molar-refractivity contribution in [1.29, 1.82) is 10.5 Å². The molecule has 24 heavy (non-hydrogen) atoms. The zero-order valence-electron chi connectivity index (χ0n) is 14.1. The van der Waals surface area contributed by atoms with E-state index in [4.69, 9.17) is 10.5 Å². The predicted octanol–water partition coefficient (Wildman–Crippen LogP) is 4.79. The molecule has 0 bridgehead atoms. The van der Waals surface area contributed by atoms with Crippen LogP contribution in [0, 0.1) is 22.7 Å². The van der Waals surface area contributed by atoms with Crippen molar-refractivity contribution in [1.82, 2.24) is 9.97 Å². The van der Waals surface area contributed by atoms with Crippen LogP contribution < -0.4 is 0 Å². The van der Waals surface area contributed by atoms with Crippen molar-refractivity contribution in [2.24, 2.45) is 0 Å². The first-order valence-corrected chi connectivity index (χ1v) is 8.55. The Bertz CT molecular complexity index is 736. The number of aromatic nitrogens is 2. The fraction of sp³-hybridized carbons (Fsp3) is 0.400. The largest absolute Gasteiger partial charge is 0.240 e. The molecule has 0 aliphatic heterocycles. The lowest BCUT2D eigenvalue weighted by atomic mass is 10.0. The van der Waals surface area contributed by atoms with Gasteiger partial charge >= 0.3 is 0 Å². The minimum atomic E-state index is 0.0703. The first-order chi connectivity index (χ1) is 11.8. The second-order valence-corrected chi connectivity index (χ2v) is 5.89. The third kappa shape index (κ3) is 4.89. The van der Waals surface area contributed by atoms with E-state index in [9.17, 15) is 0 Å². The third-order valence-electron chi connectivity index (χ3n) is 4.05. The summed E-state index contributed by atoms with van der Waals surface area (Å²) in [5.74, 6) is 0. The zero-order valence-corrected chi connectivity index (χ0v) is 14.1. The van der Waals surface area contributed by atoms with Gasteiger partial charge in [-0.1, -0.05) is 63.3 Å². The molecule has 1 aromatic heterocycles. The highest BCUT2D eigenvalue weighted by Gasteiger charge is 2.08. The van der Waals surface area contributed by atoms with Gasteiger partial charge in [-0.2, -0.15) is 10.5 Å². The summed E-state index contributed by atoms with van der Waals surface area (Å²) >= 11 is 0. The molecule has 4 heteroatoms. The summed E-state index contributed by atoms with van der Waals surface area (Å²) in [6.07, 6.45) is 10.4. The first kappa shape index (κ1) is 17.6. The van der Waals surface area contributed by atoms with Gasteiger partial charge in [-0.3, -0.25) is 0 Å². The van der Waals surface area contributed by atoms with Gasteiger partial charge in [0.15, 0.2) is 11.4 Å². The van der Waals surface area contributed by atoms with Gasteiger partial charge < -0.3 is 0 Å². The summed E-state index contributed by atoms with van der Waals surface area (Å²) in [5.41, 5.74) is 3.00.